The fraction of sp³-hybridized carbons (Fsp3) is 0.500. The third-order valence-electron chi connectivity index (χ3n) is 11.2. The number of hydrogen-bond donors (Lipinski definition) is 4. The summed E-state index contributed by atoms with van der Waals surface area (Å²) in [6.45, 7) is 3.88. The van der Waals surface area contributed by atoms with E-state index >= 15 is 0 Å². The first kappa shape index (κ1) is 36.8. The van der Waals surface area contributed by atoms with E-state index in [4.69, 9.17) is 17.0 Å². The van der Waals surface area contributed by atoms with Crippen molar-refractivity contribution >= 4 is 65.7 Å². The number of halogens is 1. The van der Waals surface area contributed by atoms with Gasteiger partial charge in [0.05, 0.1) is 5.70 Å². The number of nitrogens with one attached hydrogen (secondary N) is 4. The molecule has 4 N–H and O–H groups in total. The molecule has 1 unspecified atom stereocenters. The van der Waals surface area contributed by atoms with Gasteiger partial charge in [-0.2, -0.15) is 0 Å². The van der Waals surface area contributed by atoms with Crippen molar-refractivity contribution in [2.75, 3.05) is 57.1 Å². The summed E-state index contributed by atoms with van der Waals surface area (Å²) in [5, 5.41) is 17.8. The SMILES string of the molecule is CNC(=O)/C(Cl)=C(\C=N)N[C@H]1CN(C)[CH2][Al]([c]2ccc(C(=O)N3CCC4(CC3)CCN(c3ccn(C5CCC(=O)NC5=O)c(=O)c3)CC4)cc2)[CH2]1. The Bertz CT molecular complexity index is 1760. The summed E-state index contributed by atoms with van der Waals surface area (Å²) in [5.74, 6) is -1.10. The van der Waals surface area contributed by atoms with E-state index in [-0.39, 0.29) is 40.3 Å². The number of anilines is 1. The molecule has 1 aromatic carbocycles. The second-order valence-corrected chi connectivity index (χ2v) is 17.7. The second kappa shape index (κ2) is 15.7. The summed E-state index contributed by atoms with van der Waals surface area (Å²) in [5.41, 5.74) is 1.80. The molecule has 51 heavy (non-hydrogen) atoms. The summed E-state index contributed by atoms with van der Waals surface area (Å²) in [7, 11) is 3.59. The molecular weight excluding hydrogens is 687 g/mol. The molecule has 4 amide bonds. The Morgan fingerprint density at radius 1 is 1.04 bits per heavy atom. The molecule has 13 nitrogen and oxygen atoms in total. The molecular formula is C36H46AlClN8O5. The Morgan fingerprint density at radius 2 is 1.73 bits per heavy atom. The number of aromatic nitrogens is 1. The largest absolute Gasteiger partial charge is 0.380 e. The van der Waals surface area contributed by atoms with Crippen LogP contribution in [0.2, 0.25) is 5.28 Å². The summed E-state index contributed by atoms with van der Waals surface area (Å²) >= 11 is 4.77. The number of allylic oxidation sites excluding steroid dienone is 1. The van der Waals surface area contributed by atoms with Gasteiger partial charge in [0.15, 0.2) is 0 Å². The van der Waals surface area contributed by atoms with Gasteiger partial charge in [-0.05, 0) is 56.0 Å². The number of imide groups is 1. The average Bonchev–Trinajstić information content (AvgIpc) is 3.14. The van der Waals surface area contributed by atoms with Gasteiger partial charge in [0.2, 0.25) is 11.8 Å². The van der Waals surface area contributed by atoms with Crippen molar-refractivity contribution in [1.29, 1.82) is 5.41 Å². The Balaban J connectivity index is 1.01. The molecule has 1 aromatic heterocycles. The highest BCUT2D eigenvalue weighted by Crippen LogP contribution is 2.42. The second-order valence-electron chi connectivity index (χ2n) is 14.4. The van der Waals surface area contributed by atoms with Gasteiger partial charge >= 0.3 is 14.1 Å². The van der Waals surface area contributed by atoms with Crippen molar-refractivity contribution in [2.45, 2.75) is 55.9 Å². The fourth-order valence-electron chi connectivity index (χ4n) is 8.17. The first-order chi connectivity index (χ1) is 24.5. The van der Waals surface area contributed by atoms with Crippen LogP contribution < -0.4 is 30.8 Å². The van der Waals surface area contributed by atoms with Crippen LogP contribution in [0.1, 0.15) is 54.9 Å². The first-order valence-electron chi connectivity index (χ1n) is 17.8. The van der Waals surface area contributed by atoms with Crippen molar-refractivity contribution in [3.05, 3.63) is 69.2 Å². The molecule has 15 heteroatoms. The van der Waals surface area contributed by atoms with Crippen LogP contribution in [0.15, 0.2) is 58.1 Å². The number of carbonyl (C=O) groups excluding carboxylic acids is 4. The number of benzene rings is 1. The zero-order chi connectivity index (χ0) is 36.3. The minimum atomic E-state index is -1.44. The molecule has 1 spiro atoms. The molecule has 2 atom stereocenters. The van der Waals surface area contributed by atoms with Crippen molar-refractivity contribution < 1.29 is 19.2 Å². The number of rotatable bonds is 8. The van der Waals surface area contributed by atoms with Gasteiger partial charge in [-0.15, -0.1) is 4.43 Å². The first-order valence-corrected chi connectivity index (χ1v) is 20.4. The minimum absolute atomic E-state index is 0.0234. The van der Waals surface area contributed by atoms with Crippen molar-refractivity contribution in [1.82, 2.24) is 30.3 Å². The Kier molecular flexibility index (Phi) is 11.4. The van der Waals surface area contributed by atoms with Crippen LogP contribution in [0, 0.1) is 10.8 Å². The maximum Gasteiger partial charge on any atom is 0.324 e. The van der Waals surface area contributed by atoms with E-state index < -0.39 is 32.0 Å². The van der Waals surface area contributed by atoms with Crippen LogP contribution >= 0.6 is 11.6 Å². The quantitative estimate of drug-likeness (QED) is 0.137. The van der Waals surface area contributed by atoms with E-state index in [9.17, 15) is 24.0 Å². The molecule has 5 heterocycles. The molecule has 2 aromatic rings. The highest BCUT2D eigenvalue weighted by Gasteiger charge is 2.39. The lowest BCUT2D eigenvalue weighted by Gasteiger charge is -2.47. The van der Waals surface area contributed by atoms with Gasteiger partial charge < -0.3 is 35.3 Å². The van der Waals surface area contributed by atoms with E-state index in [1.54, 1.807) is 12.3 Å². The standard InChI is InChI=1S/C26H29N4O4.C10H17ClN4O.Al/c31-22-7-6-21(24(33)27-22)30-13-8-20(18-23(30)32)28-14-9-26(10-15-28)11-16-29(17-12-26)25(34)19-4-2-1-3-5-19;1-7(6-15(3)4)14-8(5-12)9(11)10(16)13-2;/h2-5,8,13,18,21H,6-7,9-12,14-17H2,(H,27,31,33);5,7,12,14H,1,3,6H2,2,4H3,(H,13,16);/b;9-8-,12-5?;/t;7-;/m.1./s1. The molecule has 4 aliphatic heterocycles. The lowest BCUT2D eigenvalue weighted by molar-refractivity contribution is -0.135. The average molecular weight is 733 g/mol. The molecule has 0 radical (unpaired) electrons. The van der Waals surface area contributed by atoms with Crippen LogP contribution in [0.3, 0.4) is 0 Å². The molecule has 4 fully saturated rings. The number of hydrogen-bond acceptors (Lipinski definition) is 9. The molecule has 4 saturated heterocycles. The molecule has 0 saturated carbocycles. The smallest absolute Gasteiger partial charge is 0.324 e. The number of amides is 4. The van der Waals surface area contributed by atoms with Gasteiger partial charge in [-0.25, -0.2) is 0 Å². The van der Waals surface area contributed by atoms with Crippen LogP contribution in [-0.4, -0.2) is 117 Å². The zero-order valence-electron chi connectivity index (χ0n) is 29.3. The Labute approximate surface area is 307 Å². The molecule has 270 valence electrons. The van der Waals surface area contributed by atoms with E-state index in [1.165, 1.54) is 16.0 Å². The van der Waals surface area contributed by atoms with E-state index in [0.717, 1.165) is 81.0 Å². The fourth-order valence-corrected chi connectivity index (χ4v) is 11.6. The van der Waals surface area contributed by atoms with Gasteiger partial charge in [0.25, 0.3) is 17.4 Å². The highest BCUT2D eigenvalue weighted by atomic mass is 35.5. The van der Waals surface area contributed by atoms with Crippen LogP contribution in [-0.2, 0) is 14.4 Å². The van der Waals surface area contributed by atoms with Crippen molar-refractivity contribution in [2.24, 2.45) is 5.41 Å². The number of carbonyl (C=O) groups is 4. The molecule has 4 aliphatic rings. The minimum Gasteiger partial charge on any atom is -0.380 e. The number of likely N-dealkylation sites (N-methyl/N-ethyl adjacent to an activating group) is 2. The van der Waals surface area contributed by atoms with Gasteiger partial charge in [0.1, 0.15) is 11.1 Å². The van der Waals surface area contributed by atoms with Crippen LogP contribution in [0.4, 0.5) is 5.69 Å². The van der Waals surface area contributed by atoms with Gasteiger partial charge in [0, 0.05) is 82.0 Å². The van der Waals surface area contributed by atoms with Crippen LogP contribution in [0.5, 0.6) is 0 Å². The lowest BCUT2D eigenvalue weighted by Crippen LogP contribution is -2.55. The number of pyridine rings is 1. The zero-order valence-corrected chi connectivity index (χ0v) is 31.2. The van der Waals surface area contributed by atoms with Gasteiger partial charge in [-0.3, -0.25) is 29.3 Å². The normalized spacial score (nSPS) is 23.0. The summed E-state index contributed by atoms with van der Waals surface area (Å²) in [6, 6.07) is 11.0. The maximum atomic E-state index is 13.6. The predicted octanol–water partition coefficient (Wildman–Crippen LogP) is 1.34. The lowest BCUT2D eigenvalue weighted by atomic mass is 9.71. The van der Waals surface area contributed by atoms with E-state index in [2.05, 4.69) is 44.9 Å². The van der Waals surface area contributed by atoms with Crippen molar-refractivity contribution in [3.63, 3.8) is 0 Å². The van der Waals surface area contributed by atoms with Crippen LogP contribution in [0.25, 0.3) is 0 Å². The third-order valence-corrected chi connectivity index (χ3v) is 15.1. The Morgan fingerprint density at radius 3 is 2.35 bits per heavy atom. The van der Waals surface area contributed by atoms with E-state index in [1.807, 2.05) is 23.1 Å². The summed E-state index contributed by atoms with van der Waals surface area (Å²) < 4.78 is 2.70. The molecule has 6 rings (SSSR count). The molecule has 0 aliphatic carbocycles. The Hall–Kier alpha value is -3.96. The monoisotopic (exact) mass is 732 g/mol. The number of nitrogens with zero attached hydrogens (tertiary/aromatic N) is 4. The summed E-state index contributed by atoms with van der Waals surface area (Å²) in [6.07, 6.45) is 7.19. The summed E-state index contributed by atoms with van der Waals surface area (Å²) in [4.78, 5) is 68.8. The van der Waals surface area contributed by atoms with Gasteiger partial charge in [-0.1, -0.05) is 41.1 Å². The maximum absolute atomic E-state index is 13.6. The van der Waals surface area contributed by atoms with Crippen molar-refractivity contribution in [3.8, 4) is 0 Å². The third kappa shape index (κ3) is 8.25. The topological polar surface area (TPSA) is 160 Å². The van der Waals surface area contributed by atoms with E-state index in [0.29, 0.717) is 17.7 Å². The number of likely N-dealkylation sites (tertiary alicyclic amines) is 1. The highest BCUT2D eigenvalue weighted by molar-refractivity contribution is 6.73. The number of piperidine rings is 3. The molecule has 0 bridgehead atoms. The predicted molar refractivity (Wildman–Crippen MR) is 198 cm³/mol.